The third kappa shape index (κ3) is 2.84. The first-order valence-corrected chi connectivity index (χ1v) is 7.32. The van der Waals surface area contributed by atoms with E-state index in [0.717, 1.165) is 25.1 Å². The molecule has 5 nitrogen and oxygen atoms in total. The van der Waals surface area contributed by atoms with Crippen LogP contribution >= 0.6 is 11.3 Å². The first-order chi connectivity index (χ1) is 9.24. The van der Waals surface area contributed by atoms with Crippen molar-refractivity contribution in [2.24, 2.45) is 0 Å². The van der Waals surface area contributed by atoms with E-state index in [0.29, 0.717) is 12.5 Å². The van der Waals surface area contributed by atoms with Crippen LogP contribution < -0.4 is 0 Å². The Labute approximate surface area is 115 Å². The van der Waals surface area contributed by atoms with Crippen LogP contribution in [0.3, 0.4) is 0 Å². The standard InChI is InChI=1S/C13H16N4OS/c1-17(7-6-10-3-2-8-19-10)13(18)12-14-11(15-16-12)9-4-5-9/h2-3,8-9H,4-7H2,1H3,(H,14,15,16). The topological polar surface area (TPSA) is 61.9 Å². The fourth-order valence-electron chi connectivity index (χ4n) is 1.91. The van der Waals surface area contributed by atoms with Crippen molar-refractivity contribution in [1.82, 2.24) is 20.1 Å². The Kier molecular flexibility index (Phi) is 3.33. The summed E-state index contributed by atoms with van der Waals surface area (Å²) in [5, 5.41) is 8.94. The first kappa shape index (κ1) is 12.3. The second-order valence-corrected chi connectivity index (χ2v) is 5.91. The van der Waals surface area contributed by atoms with Gasteiger partial charge in [0.2, 0.25) is 5.82 Å². The summed E-state index contributed by atoms with van der Waals surface area (Å²) in [4.78, 5) is 19.4. The number of likely N-dealkylation sites (N-methyl/N-ethyl adjacent to an activating group) is 1. The Balaban J connectivity index is 1.58. The van der Waals surface area contributed by atoms with E-state index in [1.807, 2.05) is 11.4 Å². The number of rotatable bonds is 5. The molecule has 0 saturated heterocycles. The fourth-order valence-corrected chi connectivity index (χ4v) is 2.61. The average molecular weight is 276 g/mol. The van der Waals surface area contributed by atoms with Crippen LogP contribution in [-0.2, 0) is 6.42 Å². The van der Waals surface area contributed by atoms with E-state index in [2.05, 4.69) is 21.2 Å². The summed E-state index contributed by atoms with van der Waals surface area (Å²) in [6, 6.07) is 4.11. The van der Waals surface area contributed by atoms with Gasteiger partial charge in [0.15, 0.2) is 0 Å². The number of aromatic amines is 1. The van der Waals surface area contributed by atoms with E-state index in [4.69, 9.17) is 0 Å². The van der Waals surface area contributed by atoms with Crippen molar-refractivity contribution in [3.05, 3.63) is 34.0 Å². The van der Waals surface area contributed by atoms with Gasteiger partial charge in [-0.15, -0.1) is 16.4 Å². The second kappa shape index (κ2) is 5.13. The summed E-state index contributed by atoms with van der Waals surface area (Å²) in [6.07, 6.45) is 3.17. The van der Waals surface area contributed by atoms with Crippen molar-refractivity contribution >= 4 is 17.2 Å². The van der Waals surface area contributed by atoms with Crippen molar-refractivity contribution in [2.75, 3.05) is 13.6 Å². The Hall–Kier alpha value is -1.69. The maximum Gasteiger partial charge on any atom is 0.293 e. The van der Waals surface area contributed by atoms with E-state index < -0.39 is 0 Å². The molecule has 1 aliphatic rings. The molecule has 1 saturated carbocycles. The minimum absolute atomic E-state index is 0.111. The van der Waals surface area contributed by atoms with Crippen molar-refractivity contribution < 1.29 is 4.79 Å². The van der Waals surface area contributed by atoms with E-state index in [1.165, 1.54) is 4.88 Å². The van der Waals surface area contributed by atoms with Crippen molar-refractivity contribution in [1.29, 1.82) is 0 Å². The molecule has 1 fully saturated rings. The minimum Gasteiger partial charge on any atom is -0.339 e. The van der Waals surface area contributed by atoms with Gasteiger partial charge >= 0.3 is 0 Å². The molecule has 2 heterocycles. The highest BCUT2D eigenvalue weighted by molar-refractivity contribution is 7.09. The predicted molar refractivity (Wildman–Crippen MR) is 73.3 cm³/mol. The van der Waals surface area contributed by atoms with Crippen LogP contribution in [0.5, 0.6) is 0 Å². The summed E-state index contributed by atoms with van der Waals surface area (Å²) in [5.41, 5.74) is 0. The Morgan fingerprint density at radius 3 is 3.11 bits per heavy atom. The SMILES string of the molecule is CN(CCc1cccs1)C(=O)c1n[nH]c(C2CC2)n1. The number of hydrogen-bond acceptors (Lipinski definition) is 4. The summed E-state index contributed by atoms with van der Waals surface area (Å²) >= 11 is 1.71. The summed E-state index contributed by atoms with van der Waals surface area (Å²) < 4.78 is 0. The van der Waals surface area contributed by atoms with Gasteiger partial charge in [-0.3, -0.25) is 9.89 Å². The zero-order chi connectivity index (χ0) is 13.2. The molecule has 100 valence electrons. The molecule has 0 aromatic carbocycles. The van der Waals surface area contributed by atoms with Gasteiger partial charge in [0.05, 0.1) is 0 Å². The molecular weight excluding hydrogens is 260 g/mol. The number of hydrogen-bond donors (Lipinski definition) is 1. The van der Waals surface area contributed by atoms with Crippen LogP contribution in [0, 0.1) is 0 Å². The van der Waals surface area contributed by atoms with Gasteiger partial charge in [0.1, 0.15) is 5.82 Å². The van der Waals surface area contributed by atoms with Crippen molar-refractivity contribution in [3.8, 4) is 0 Å². The molecule has 1 aliphatic carbocycles. The van der Waals surface area contributed by atoms with E-state index in [9.17, 15) is 4.79 Å². The number of H-pyrrole nitrogens is 1. The Morgan fingerprint density at radius 1 is 1.58 bits per heavy atom. The van der Waals surface area contributed by atoms with Crippen molar-refractivity contribution in [2.45, 2.75) is 25.2 Å². The molecule has 6 heteroatoms. The lowest BCUT2D eigenvalue weighted by Crippen LogP contribution is -2.29. The van der Waals surface area contributed by atoms with Gasteiger partial charge in [-0.25, -0.2) is 4.98 Å². The average Bonchev–Trinajstić information content (AvgIpc) is 2.95. The molecule has 2 aromatic rings. The van der Waals surface area contributed by atoms with Crippen LogP contribution in [-0.4, -0.2) is 39.6 Å². The number of nitrogens with one attached hydrogen (secondary N) is 1. The van der Waals surface area contributed by atoms with Crippen LogP contribution in [0.4, 0.5) is 0 Å². The molecule has 0 bridgehead atoms. The van der Waals surface area contributed by atoms with Gasteiger partial charge in [-0.1, -0.05) is 6.07 Å². The van der Waals surface area contributed by atoms with E-state index >= 15 is 0 Å². The Morgan fingerprint density at radius 2 is 2.42 bits per heavy atom. The maximum absolute atomic E-state index is 12.1. The van der Waals surface area contributed by atoms with Crippen LogP contribution in [0.25, 0.3) is 0 Å². The summed E-state index contributed by atoms with van der Waals surface area (Å²) in [5.74, 6) is 1.52. The van der Waals surface area contributed by atoms with Gasteiger partial charge in [0, 0.05) is 24.4 Å². The number of thiophene rings is 1. The number of amides is 1. The maximum atomic E-state index is 12.1. The summed E-state index contributed by atoms with van der Waals surface area (Å²) in [6.45, 7) is 0.687. The van der Waals surface area contributed by atoms with Gasteiger partial charge < -0.3 is 4.90 Å². The molecule has 1 amide bonds. The van der Waals surface area contributed by atoms with Gasteiger partial charge in [0.25, 0.3) is 5.91 Å². The molecule has 0 atom stereocenters. The molecule has 3 rings (SSSR count). The quantitative estimate of drug-likeness (QED) is 0.909. The lowest BCUT2D eigenvalue weighted by molar-refractivity contribution is 0.0785. The molecule has 19 heavy (non-hydrogen) atoms. The number of carbonyl (C=O) groups is 1. The smallest absolute Gasteiger partial charge is 0.293 e. The van der Waals surface area contributed by atoms with Crippen molar-refractivity contribution in [3.63, 3.8) is 0 Å². The van der Waals surface area contributed by atoms with Crippen LogP contribution in [0.1, 0.15) is 40.1 Å². The molecule has 0 radical (unpaired) electrons. The predicted octanol–water partition coefficient (Wildman–Crippen LogP) is 2.06. The first-order valence-electron chi connectivity index (χ1n) is 6.44. The zero-order valence-electron chi connectivity index (χ0n) is 10.8. The zero-order valence-corrected chi connectivity index (χ0v) is 11.6. The molecule has 0 spiro atoms. The van der Waals surface area contributed by atoms with Gasteiger partial charge in [-0.2, -0.15) is 0 Å². The molecule has 0 aliphatic heterocycles. The van der Waals surface area contributed by atoms with Crippen LogP contribution in [0.15, 0.2) is 17.5 Å². The molecular formula is C13H16N4OS. The number of aromatic nitrogens is 3. The Bertz CT molecular complexity index is 559. The number of carbonyl (C=O) groups excluding carboxylic acids is 1. The lowest BCUT2D eigenvalue weighted by Gasteiger charge is -2.14. The molecule has 2 aromatic heterocycles. The number of nitrogens with zero attached hydrogens (tertiary/aromatic N) is 3. The highest BCUT2D eigenvalue weighted by Gasteiger charge is 2.28. The van der Waals surface area contributed by atoms with Crippen LogP contribution in [0.2, 0.25) is 0 Å². The second-order valence-electron chi connectivity index (χ2n) is 4.87. The summed E-state index contributed by atoms with van der Waals surface area (Å²) in [7, 11) is 1.79. The fraction of sp³-hybridized carbons (Fsp3) is 0.462. The highest BCUT2D eigenvalue weighted by atomic mass is 32.1. The van der Waals surface area contributed by atoms with E-state index in [1.54, 1.807) is 23.3 Å². The third-order valence-corrected chi connectivity index (χ3v) is 4.21. The van der Waals surface area contributed by atoms with Gasteiger partial charge in [-0.05, 0) is 30.7 Å². The lowest BCUT2D eigenvalue weighted by atomic mass is 10.3. The normalized spacial score (nSPS) is 14.6. The molecule has 1 N–H and O–H groups in total. The monoisotopic (exact) mass is 276 g/mol. The minimum atomic E-state index is -0.111. The third-order valence-electron chi connectivity index (χ3n) is 3.28. The van der Waals surface area contributed by atoms with E-state index in [-0.39, 0.29) is 11.7 Å². The molecule has 0 unspecified atom stereocenters. The largest absolute Gasteiger partial charge is 0.339 e. The highest BCUT2D eigenvalue weighted by Crippen LogP contribution is 2.37.